The Labute approximate surface area is 83.5 Å². The fourth-order valence-corrected chi connectivity index (χ4v) is 0.956. The minimum Gasteiger partial charge on any atom is -0.504 e. The second-order valence-corrected chi connectivity index (χ2v) is 2.62. The van der Waals surface area contributed by atoms with Crippen LogP contribution >= 0.6 is 0 Å². The quantitative estimate of drug-likeness (QED) is 0.726. The van der Waals surface area contributed by atoms with Crippen LogP contribution in [0, 0.1) is 0 Å². The Morgan fingerprint density at radius 2 is 2.27 bits per heavy atom. The normalized spacial score (nSPS) is 10.4. The van der Waals surface area contributed by atoms with Gasteiger partial charge in [-0.05, 0) is 6.07 Å². The second-order valence-electron chi connectivity index (χ2n) is 2.62. The SMILES string of the molecule is COC(=O)c1cc(C(F)F)nc(N)c1O. The highest BCUT2D eigenvalue weighted by Crippen LogP contribution is 2.28. The molecule has 0 aromatic carbocycles. The lowest BCUT2D eigenvalue weighted by Crippen LogP contribution is -2.07. The summed E-state index contributed by atoms with van der Waals surface area (Å²) >= 11 is 0. The van der Waals surface area contributed by atoms with E-state index in [2.05, 4.69) is 9.72 Å². The van der Waals surface area contributed by atoms with Crippen LogP contribution < -0.4 is 5.73 Å². The van der Waals surface area contributed by atoms with Crippen LogP contribution in [0.25, 0.3) is 0 Å². The predicted octanol–water partition coefficient (Wildman–Crippen LogP) is 1.09. The predicted molar refractivity (Wildman–Crippen MR) is 46.6 cm³/mol. The van der Waals surface area contributed by atoms with E-state index >= 15 is 0 Å². The summed E-state index contributed by atoms with van der Waals surface area (Å²) in [5, 5.41) is 9.27. The maximum atomic E-state index is 12.3. The molecule has 0 saturated carbocycles. The molecule has 0 bridgehead atoms. The van der Waals surface area contributed by atoms with Crippen molar-refractivity contribution in [1.29, 1.82) is 0 Å². The van der Waals surface area contributed by atoms with Gasteiger partial charge >= 0.3 is 5.97 Å². The molecule has 3 N–H and O–H groups in total. The van der Waals surface area contributed by atoms with E-state index < -0.39 is 35.2 Å². The summed E-state index contributed by atoms with van der Waals surface area (Å²) in [6.07, 6.45) is -2.88. The van der Waals surface area contributed by atoms with Gasteiger partial charge in [0.05, 0.1) is 7.11 Å². The van der Waals surface area contributed by atoms with Crippen molar-refractivity contribution >= 4 is 11.8 Å². The molecule has 1 aromatic heterocycles. The monoisotopic (exact) mass is 218 g/mol. The molecule has 7 heteroatoms. The molecule has 1 aromatic rings. The number of nitrogens with two attached hydrogens (primary N) is 1. The average molecular weight is 218 g/mol. The Kier molecular flexibility index (Phi) is 3.03. The number of rotatable bonds is 2. The first-order valence-corrected chi connectivity index (χ1v) is 3.83. The molecule has 0 radical (unpaired) electrons. The number of nitrogens with zero attached hydrogens (tertiary/aromatic N) is 1. The lowest BCUT2D eigenvalue weighted by atomic mass is 10.2. The van der Waals surface area contributed by atoms with E-state index in [1.165, 1.54) is 0 Å². The molecule has 0 spiro atoms. The van der Waals surface area contributed by atoms with Gasteiger partial charge in [-0.2, -0.15) is 0 Å². The molecule has 0 amide bonds. The second kappa shape index (κ2) is 4.07. The van der Waals surface area contributed by atoms with Gasteiger partial charge in [0.2, 0.25) is 0 Å². The van der Waals surface area contributed by atoms with E-state index in [1.807, 2.05) is 0 Å². The number of aromatic hydroxyl groups is 1. The molecule has 0 aliphatic heterocycles. The summed E-state index contributed by atoms with van der Waals surface area (Å²) in [6, 6.07) is 0.738. The van der Waals surface area contributed by atoms with Gasteiger partial charge in [-0.25, -0.2) is 18.6 Å². The molecular formula is C8H8F2N2O3. The Hall–Kier alpha value is -1.92. The van der Waals surface area contributed by atoms with Crippen LogP contribution in [0.3, 0.4) is 0 Å². The van der Waals surface area contributed by atoms with E-state index in [4.69, 9.17) is 5.73 Å². The Balaban J connectivity index is 3.31. The number of anilines is 1. The number of pyridine rings is 1. The molecule has 0 saturated heterocycles. The molecule has 1 heterocycles. The lowest BCUT2D eigenvalue weighted by molar-refractivity contribution is 0.0596. The van der Waals surface area contributed by atoms with Crippen molar-refractivity contribution in [3.05, 3.63) is 17.3 Å². The number of ether oxygens (including phenoxy) is 1. The van der Waals surface area contributed by atoms with E-state index in [-0.39, 0.29) is 0 Å². The third-order valence-electron chi connectivity index (χ3n) is 1.67. The minimum absolute atomic E-state index is 0.430. The smallest absolute Gasteiger partial charge is 0.341 e. The van der Waals surface area contributed by atoms with Gasteiger partial charge in [-0.3, -0.25) is 0 Å². The number of esters is 1. The maximum absolute atomic E-state index is 12.3. The Morgan fingerprint density at radius 3 is 2.73 bits per heavy atom. The van der Waals surface area contributed by atoms with Crippen molar-refractivity contribution in [2.24, 2.45) is 0 Å². The van der Waals surface area contributed by atoms with Gasteiger partial charge in [0.1, 0.15) is 11.3 Å². The molecule has 0 aliphatic carbocycles. The van der Waals surface area contributed by atoms with Crippen LogP contribution in [0.15, 0.2) is 6.07 Å². The van der Waals surface area contributed by atoms with Crippen LogP contribution in [0.1, 0.15) is 22.5 Å². The number of hydrogen-bond acceptors (Lipinski definition) is 5. The number of carbonyl (C=O) groups is 1. The number of alkyl halides is 2. The standard InChI is InChI=1S/C8H8F2N2O3/c1-15-8(14)3-2-4(6(9)10)12-7(11)5(3)13/h2,6,13H,1H3,(H2,11,12). The van der Waals surface area contributed by atoms with Crippen molar-refractivity contribution in [3.63, 3.8) is 0 Å². The summed E-state index contributed by atoms with van der Waals surface area (Å²) in [4.78, 5) is 14.3. The minimum atomic E-state index is -2.88. The van der Waals surface area contributed by atoms with E-state index in [9.17, 15) is 18.7 Å². The van der Waals surface area contributed by atoms with Crippen LogP contribution in [-0.4, -0.2) is 23.2 Å². The fourth-order valence-electron chi connectivity index (χ4n) is 0.956. The lowest BCUT2D eigenvalue weighted by Gasteiger charge is -2.07. The number of carbonyl (C=O) groups excluding carboxylic acids is 1. The van der Waals surface area contributed by atoms with Gasteiger partial charge in [0.25, 0.3) is 6.43 Å². The van der Waals surface area contributed by atoms with Crippen LogP contribution in [0.5, 0.6) is 5.75 Å². The summed E-state index contributed by atoms with van der Waals surface area (Å²) in [5.74, 6) is -2.15. The van der Waals surface area contributed by atoms with Crippen molar-refractivity contribution in [1.82, 2.24) is 4.98 Å². The number of hydrogen-bond donors (Lipinski definition) is 2. The highest BCUT2D eigenvalue weighted by atomic mass is 19.3. The maximum Gasteiger partial charge on any atom is 0.341 e. The Bertz CT molecular complexity index is 396. The first-order chi connectivity index (χ1) is 6.97. The molecule has 0 unspecified atom stereocenters. The summed E-state index contributed by atoms with van der Waals surface area (Å²) in [7, 11) is 1.06. The molecule has 1 rings (SSSR count). The summed E-state index contributed by atoms with van der Waals surface area (Å²) in [5.41, 5.74) is 4.03. The Morgan fingerprint density at radius 1 is 1.67 bits per heavy atom. The summed E-state index contributed by atoms with van der Waals surface area (Å²) in [6.45, 7) is 0. The largest absolute Gasteiger partial charge is 0.504 e. The molecule has 82 valence electrons. The topological polar surface area (TPSA) is 85.4 Å². The van der Waals surface area contributed by atoms with Crippen LogP contribution in [0.4, 0.5) is 14.6 Å². The van der Waals surface area contributed by atoms with Crippen molar-refractivity contribution < 1.29 is 23.4 Å². The highest BCUT2D eigenvalue weighted by molar-refractivity contribution is 5.94. The zero-order valence-electron chi connectivity index (χ0n) is 7.70. The number of halogens is 2. The molecular weight excluding hydrogens is 210 g/mol. The van der Waals surface area contributed by atoms with Gasteiger partial charge in [-0.1, -0.05) is 0 Å². The van der Waals surface area contributed by atoms with Crippen LogP contribution in [-0.2, 0) is 4.74 Å². The average Bonchev–Trinajstić information content (AvgIpc) is 2.20. The zero-order chi connectivity index (χ0) is 11.6. The molecule has 5 nitrogen and oxygen atoms in total. The van der Waals surface area contributed by atoms with Gasteiger partial charge in [0.15, 0.2) is 11.6 Å². The van der Waals surface area contributed by atoms with E-state index in [0.29, 0.717) is 0 Å². The number of methoxy groups -OCH3 is 1. The van der Waals surface area contributed by atoms with Crippen LogP contribution in [0.2, 0.25) is 0 Å². The molecule has 0 atom stereocenters. The molecule has 0 fully saturated rings. The van der Waals surface area contributed by atoms with Crippen molar-refractivity contribution in [2.45, 2.75) is 6.43 Å². The zero-order valence-corrected chi connectivity index (χ0v) is 7.70. The molecule has 15 heavy (non-hydrogen) atoms. The highest BCUT2D eigenvalue weighted by Gasteiger charge is 2.20. The first kappa shape index (κ1) is 11.2. The summed E-state index contributed by atoms with van der Waals surface area (Å²) < 4.78 is 28.8. The molecule has 0 aliphatic rings. The van der Waals surface area contributed by atoms with Crippen molar-refractivity contribution in [2.75, 3.05) is 12.8 Å². The van der Waals surface area contributed by atoms with E-state index in [0.717, 1.165) is 13.2 Å². The van der Waals surface area contributed by atoms with Crippen molar-refractivity contribution in [3.8, 4) is 5.75 Å². The number of nitrogen functional groups attached to an aromatic ring is 1. The van der Waals surface area contributed by atoms with E-state index in [1.54, 1.807) is 0 Å². The van der Waals surface area contributed by atoms with Gasteiger partial charge in [0, 0.05) is 0 Å². The first-order valence-electron chi connectivity index (χ1n) is 3.83. The van der Waals surface area contributed by atoms with Gasteiger partial charge in [-0.15, -0.1) is 0 Å². The fraction of sp³-hybridized carbons (Fsp3) is 0.250. The number of aromatic nitrogens is 1. The van der Waals surface area contributed by atoms with Gasteiger partial charge < -0.3 is 15.6 Å². The third kappa shape index (κ3) is 2.12. The third-order valence-corrected chi connectivity index (χ3v) is 1.67.